The molecule has 0 unspecified atom stereocenters. The van der Waals surface area contributed by atoms with Crippen LogP contribution in [0.3, 0.4) is 0 Å². The van der Waals surface area contributed by atoms with Crippen LogP contribution in [0.2, 0.25) is 0 Å². The first-order valence-corrected chi connectivity index (χ1v) is 16.4. The van der Waals surface area contributed by atoms with Crippen molar-refractivity contribution in [2.24, 2.45) is 0 Å². The van der Waals surface area contributed by atoms with Crippen LogP contribution in [0.25, 0.3) is 49.5 Å². The Morgan fingerprint density at radius 1 is 0.739 bits per heavy atom. The maximum atomic E-state index is 14.8. The fraction of sp³-hybridized carbons (Fsp3) is 0.190. The van der Waals surface area contributed by atoms with E-state index < -0.39 is 0 Å². The van der Waals surface area contributed by atoms with Crippen LogP contribution < -0.4 is 5.56 Å². The summed E-state index contributed by atoms with van der Waals surface area (Å²) >= 11 is 0. The number of nitrogens with one attached hydrogen (secondary N) is 1. The minimum absolute atomic E-state index is 0.117. The zero-order valence-electron chi connectivity index (χ0n) is 26.4. The van der Waals surface area contributed by atoms with Gasteiger partial charge in [-0.2, -0.15) is 0 Å². The summed E-state index contributed by atoms with van der Waals surface area (Å²) in [7, 11) is 0. The van der Waals surface area contributed by atoms with E-state index in [0.717, 1.165) is 75.4 Å². The average molecular weight is 600 g/mol. The van der Waals surface area contributed by atoms with Crippen LogP contribution in [0.5, 0.6) is 0 Å². The first-order valence-electron chi connectivity index (χ1n) is 16.4. The van der Waals surface area contributed by atoms with Gasteiger partial charge in [0.15, 0.2) is 0 Å². The van der Waals surface area contributed by atoms with E-state index >= 15 is 0 Å². The Bertz CT molecular complexity index is 2290. The largest absolute Gasteiger partial charge is 0.354 e. The summed E-state index contributed by atoms with van der Waals surface area (Å²) in [6, 6.07) is 35.2. The summed E-state index contributed by atoms with van der Waals surface area (Å²) in [5.74, 6) is 6.95. The van der Waals surface area contributed by atoms with Gasteiger partial charge in [-0.1, -0.05) is 105 Å². The molecular weight excluding hydrogens is 562 g/mol. The lowest BCUT2D eigenvalue weighted by molar-refractivity contribution is 0.795. The molecule has 0 aliphatic carbocycles. The highest BCUT2D eigenvalue weighted by molar-refractivity contribution is 6.12. The first kappa shape index (κ1) is 29.3. The molecule has 0 atom stereocenters. The Kier molecular flexibility index (Phi) is 8.23. The number of aryl methyl sites for hydroxylation is 2. The third-order valence-electron chi connectivity index (χ3n) is 8.85. The van der Waals surface area contributed by atoms with E-state index in [1.54, 1.807) is 10.8 Å². The van der Waals surface area contributed by atoms with Crippen LogP contribution in [-0.4, -0.2) is 14.5 Å². The van der Waals surface area contributed by atoms with Gasteiger partial charge < -0.3 is 4.98 Å². The van der Waals surface area contributed by atoms with Crippen LogP contribution in [-0.2, 0) is 12.8 Å². The second-order valence-corrected chi connectivity index (χ2v) is 12.0. The summed E-state index contributed by atoms with van der Waals surface area (Å²) in [5.41, 5.74) is 9.17. The number of nitrogens with zero attached hydrogens (tertiary/aromatic N) is 2. The van der Waals surface area contributed by atoms with Gasteiger partial charge in [-0.05, 0) is 78.6 Å². The van der Waals surface area contributed by atoms with Crippen LogP contribution in [0.15, 0.2) is 114 Å². The van der Waals surface area contributed by atoms with Crippen molar-refractivity contribution in [2.45, 2.75) is 52.4 Å². The predicted octanol–water partition coefficient (Wildman–Crippen LogP) is 9.77. The SMILES string of the molecule is CCCCc1ccc(C#Cc2c(-c3ccc(CCCC)cc3)c3[nH]c4ccccc4c3c(=O)n2-c2cccc3cccnc23)cc1. The molecule has 7 rings (SSSR count). The lowest BCUT2D eigenvalue weighted by Crippen LogP contribution is -2.22. The number of pyridine rings is 2. The number of benzene rings is 4. The minimum atomic E-state index is -0.117. The molecule has 0 spiro atoms. The van der Waals surface area contributed by atoms with Gasteiger partial charge in [0.2, 0.25) is 0 Å². The van der Waals surface area contributed by atoms with E-state index in [0.29, 0.717) is 11.1 Å². The van der Waals surface area contributed by atoms with Gasteiger partial charge in [0.05, 0.1) is 22.1 Å². The van der Waals surface area contributed by atoms with Crippen LogP contribution in [0.1, 0.15) is 61.9 Å². The Balaban J connectivity index is 1.55. The Morgan fingerprint density at radius 2 is 1.43 bits per heavy atom. The Morgan fingerprint density at radius 3 is 2.17 bits per heavy atom. The molecule has 4 aromatic carbocycles. The molecule has 4 heteroatoms. The van der Waals surface area contributed by atoms with Crippen molar-refractivity contribution < 1.29 is 0 Å². The van der Waals surface area contributed by atoms with E-state index in [2.05, 4.69) is 79.2 Å². The number of aromatic amines is 1. The molecule has 46 heavy (non-hydrogen) atoms. The number of fused-ring (bicyclic) bond motifs is 4. The monoisotopic (exact) mass is 599 g/mol. The number of unbranched alkanes of at least 4 members (excludes halogenated alkanes) is 2. The van der Waals surface area contributed by atoms with Gasteiger partial charge in [0, 0.05) is 33.6 Å². The van der Waals surface area contributed by atoms with E-state index in [-0.39, 0.29) is 5.56 Å². The quantitative estimate of drug-likeness (QED) is 0.177. The number of hydrogen-bond donors (Lipinski definition) is 1. The average Bonchev–Trinajstić information content (AvgIpc) is 3.49. The first-order chi connectivity index (χ1) is 22.7. The highest BCUT2D eigenvalue weighted by atomic mass is 16.1. The highest BCUT2D eigenvalue weighted by Crippen LogP contribution is 2.36. The van der Waals surface area contributed by atoms with E-state index in [4.69, 9.17) is 4.98 Å². The van der Waals surface area contributed by atoms with Gasteiger partial charge >= 0.3 is 0 Å². The third kappa shape index (κ3) is 5.50. The zero-order chi connectivity index (χ0) is 31.5. The van der Waals surface area contributed by atoms with Crippen LogP contribution >= 0.6 is 0 Å². The standard InChI is InChI=1S/C42H37N3O/c1-3-5-11-29-18-20-31(21-19-29)24-27-36-38(32-25-22-30(23-26-32)12-6-4-2)41-39(34-15-7-8-16-35(34)44-41)42(46)45(36)37-17-9-13-33-14-10-28-43-40(33)37/h7-10,13-23,25-26,28,44H,3-6,11-12H2,1-2H3. The summed E-state index contributed by atoms with van der Waals surface area (Å²) in [6.45, 7) is 4.43. The maximum absolute atomic E-state index is 14.8. The molecule has 7 aromatic rings. The van der Waals surface area contributed by atoms with Crippen molar-refractivity contribution in [1.82, 2.24) is 14.5 Å². The number of H-pyrrole nitrogens is 1. The molecule has 0 amide bonds. The molecular formula is C42H37N3O. The van der Waals surface area contributed by atoms with Crippen LogP contribution in [0.4, 0.5) is 0 Å². The van der Waals surface area contributed by atoms with Gasteiger partial charge in [0.25, 0.3) is 5.56 Å². The Labute approximate surface area is 269 Å². The molecule has 0 saturated carbocycles. The van der Waals surface area contributed by atoms with Crippen molar-refractivity contribution in [3.8, 4) is 28.7 Å². The normalized spacial score (nSPS) is 11.3. The number of rotatable bonds is 8. The third-order valence-corrected chi connectivity index (χ3v) is 8.85. The predicted molar refractivity (Wildman–Crippen MR) is 192 cm³/mol. The number of para-hydroxylation sites is 2. The summed E-state index contributed by atoms with van der Waals surface area (Å²) in [5, 5.41) is 2.51. The number of aromatic nitrogens is 3. The van der Waals surface area contributed by atoms with E-state index in [1.807, 2.05) is 54.6 Å². The molecule has 4 nitrogen and oxygen atoms in total. The van der Waals surface area contributed by atoms with Crippen molar-refractivity contribution >= 4 is 32.7 Å². The lowest BCUT2D eigenvalue weighted by Gasteiger charge is -2.17. The molecule has 1 N–H and O–H groups in total. The highest BCUT2D eigenvalue weighted by Gasteiger charge is 2.23. The summed E-state index contributed by atoms with van der Waals surface area (Å²) in [6.07, 6.45) is 8.53. The molecule has 0 bridgehead atoms. The van der Waals surface area contributed by atoms with E-state index in [9.17, 15) is 4.79 Å². The Hall–Kier alpha value is -5.40. The molecule has 0 aliphatic rings. The molecule has 0 saturated heterocycles. The molecule has 226 valence electrons. The van der Waals surface area contributed by atoms with E-state index in [1.165, 1.54) is 24.0 Å². The molecule has 3 heterocycles. The molecule has 0 radical (unpaired) electrons. The van der Waals surface area contributed by atoms with Gasteiger partial charge in [-0.25, -0.2) is 0 Å². The summed E-state index contributed by atoms with van der Waals surface area (Å²) < 4.78 is 1.79. The van der Waals surface area contributed by atoms with Crippen molar-refractivity contribution in [2.75, 3.05) is 0 Å². The second kappa shape index (κ2) is 12.9. The van der Waals surface area contributed by atoms with Crippen molar-refractivity contribution in [3.05, 3.63) is 142 Å². The van der Waals surface area contributed by atoms with Crippen molar-refractivity contribution in [1.29, 1.82) is 0 Å². The zero-order valence-corrected chi connectivity index (χ0v) is 26.4. The number of hydrogen-bond acceptors (Lipinski definition) is 2. The smallest absolute Gasteiger partial charge is 0.266 e. The molecule has 3 aromatic heterocycles. The maximum Gasteiger partial charge on any atom is 0.266 e. The van der Waals surface area contributed by atoms with Gasteiger partial charge in [-0.3, -0.25) is 14.3 Å². The minimum Gasteiger partial charge on any atom is -0.354 e. The lowest BCUT2D eigenvalue weighted by atomic mass is 9.97. The van der Waals surface area contributed by atoms with Gasteiger partial charge in [-0.15, -0.1) is 0 Å². The fourth-order valence-corrected chi connectivity index (χ4v) is 6.38. The second-order valence-electron chi connectivity index (χ2n) is 12.0. The topological polar surface area (TPSA) is 50.7 Å². The van der Waals surface area contributed by atoms with Crippen molar-refractivity contribution in [3.63, 3.8) is 0 Å². The van der Waals surface area contributed by atoms with Gasteiger partial charge in [0.1, 0.15) is 5.69 Å². The summed E-state index contributed by atoms with van der Waals surface area (Å²) in [4.78, 5) is 23.2. The fourth-order valence-electron chi connectivity index (χ4n) is 6.38. The molecule has 0 aliphatic heterocycles. The van der Waals surface area contributed by atoms with Crippen LogP contribution in [0, 0.1) is 11.8 Å². The molecule has 0 fully saturated rings.